The highest BCUT2D eigenvalue weighted by atomic mass is 79.9. The second kappa shape index (κ2) is 10.9. The van der Waals surface area contributed by atoms with Crippen LogP contribution in [-0.4, -0.2) is 51.9 Å². The van der Waals surface area contributed by atoms with Gasteiger partial charge in [-0.3, -0.25) is 4.90 Å². The maximum Gasteiger partial charge on any atom is 0.137 e. The summed E-state index contributed by atoms with van der Waals surface area (Å²) >= 11 is 10.1. The Morgan fingerprint density at radius 2 is 1.94 bits per heavy atom. The summed E-state index contributed by atoms with van der Waals surface area (Å²) in [6, 6.07) is 14.5. The molecule has 0 amide bonds. The Kier molecular flexibility index (Phi) is 7.62. The average Bonchev–Trinajstić information content (AvgIpc) is 3.29. The standard InChI is InChI=1S/C28H30BrClN4O2/c1-18-8-22(30)10-26(28-27-9-21(12-29)15-34(27)32-17-31-28)25(18)11-24-16-33(13-19(2)36-24)14-20-4-6-23(35-3)7-5-20/h4-10,15,17,19,24H,11-14,16H2,1-3H3/t19-,24?/m0/s1. The quantitative estimate of drug-likeness (QED) is 0.252. The van der Waals surface area contributed by atoms with Crippen molar-refractivity contribution in [1.29, 1.82) is 0 Å². The molecular weight excluding hydrogens is 540 g/mol. The number of benzene rings is 2. The molecule has 5 rings (SSSR count). The van der Waals surface area contributed by atoms with Crippen LogP contribution in [0.3, 0.4) is 0 Å². The predicted octanol–water partition coefficient (Wildman–Crippen LogP) is 6.09. The van der Waals surface area contributed by atoms with Crippen LogP contribution < -0.4 is 4.74 Å². The smallest absolute Gasteiger partial charge is 0.137 e. The summed E-state index contributed by atoms with van der Waals surface area (Å²) in [6.45, 7) is 6.91. The lowest BCUT2D eigenvalue weighted by Crippen LogP contribution is -2.47. The third kappa shape index (κ3) is 5.44. The van der Waals surface area contributed by atoms with Crippen molar-refractivity contribution >= 4 is 33.0 Å². The van der Waals surface area contributed by atoms with Crippen LogP contribution in [0.4, 0.5) is 0 Å². The van der Waals surface area contributed by atoms with E-state index in [2.05, 4.69) is 58.0 Å². The average molecular weight is 570 g/mol. The van der Waals surface area contributed by atoms with E-state index in [1.54, 1.807) is 13.4 Å². The van der Waals surface area contributed by atoms with Crippen LogP contribution in [0, 0.1) is 6.92 Å². The molecule has 2 aromatic heterocycles. The number of hydrogen-bond donors (Lipinski definition) is 0. The van der Waals surface area contributed by atoms with E-state index in [9.17, 15) is 0 Å². The molecule has 2 atom stereocenters. The largest absolute Gasteiger partial charge is 0.497 e. The van der Waals surface area contributed by atoms with Gasteiger partial charge in [-0.25, -0.2) is 9.50 Å². The van der Waals surface area contributed by atoms with E-state index >= 15 is 0 Å². The van der Waals surface area contributed by atoms with Gasteiger partial charge in [0, 0.05) is 48.2 Å². The van der Waals surface area contributed by atoms with E-state index in [0.717, 1.165) is 65.0 Å². The Labute approximate surface area is 225 Å². The summed E-state index contributed by atoms with van der Waals surface area (Å²) in [7, 11) is 1.69. The number of halogens is 2. The number of fused-ring (bicyclic) bond motifs is 1. The first kappa shape index (κ1) is 25.2. The second-order valence-corrected chi connectivity index (χ2v) is 10.5. The monoisotopic (exact) mass is 568 g/mol. The Hall–Kier alpha value is -2.45. The van der Waals surface area contributed by atoms with E-state index in [4.69, 9.17) is 26.1 Å². The number of ether oxygens (including phenoxy) is 2. The third-order valence-corrected chi connectivity index (χ3v) is 7.57. The molecule has 1 saturated heterocycles. The highest BCUT2D eigenvalue weighted by Gasteiger charge is 2.27. The Morgan fingerprint density at radius 1 is 1.14 bits per heavy atom. The number of morpholine rings is 1. The lowest BCUT2D eigenvalue weighted by atomic mass is 9.93. The molecule has 1 unspecified atom stereocenters. The van der Waals surface area contributed by atoms with Crippen LogP contribution in [0.15, 0.2) is 55.0 Å². The van der Waals surface area contributed by atoms with Crippen LogP contribution in [0.2, 0.25) is 5.02 Å². The van der Waals surface area contributed by atoms with Crippen molar-refractivity contribution in [3.05, 3.63) is 82.3 Å². The van der Waals surface area contributed by atoms with Crippen molar-refractivity contribution in [1.82, 2.24) is 19.5 Å². The van der Waals surface area contributed by atoms with E-state index < -0.39 is 0 Å². The second-order valence-electron chi connectivity index (χ2n) is 9.48. The first-order valence-corrected chi connectivity index (χ1v) is 13.6. The van der Waals surface area contributed by atoms with Gasteiger partial charge >= 0.3 is 0 Å². The Balaban J connectivity index is 1.43. The SMILES string of the molecule is COc1ccc(CN2CC(Cc3c(C)cc(Cl)cc3-c3ncnn4cc(CBr)cc34)O[C@@H](C)C2)cc1. The molecule has 0 radical (unpaired) electrons. The van der Waals surface area contributed by atoms with Crippen LogP contribution in [0.1, 0.15) is 29.2 Å². The van der Waals surface area contributed by atoms with Gasteiger partial charge in [-0.1, -0.05) is 39.7 Å². The molecule has 0 N–H and O–H groups in total. The summed E-state index contributed by atoms with van der Waals surface area (Å²) in [6.07, 6.45) is 4.62. The minimum absolute atomic E-state index is 0.0633. The van der Waals surface area contributed by atoms with Gasteiger partial charge in [0.15, 0.2) is 0 Å². The lowest BCUT2D eigenvalue weighted by molar-refractivity contribution is -0.0784. The molecule has 0 aliphatic carbocycles. The number of hydrogen-bond acceptors (Lipinski definition) is 5. The number of nitrogens with zero attached hydrogens (tertiary/aromatic N) is 4. The molecule has 188 valence electrons. The maximum atomic E-state index is 6.55. The van der Waals surface area contributed by atoms with Gasteiger partial charge in [0.25, 0.3) is 0 Å². The summed E-state index contributed by atoms with van der Waals surface area (Å²) in [4.78, 5) is 7.17. The molecule has 0 bridgehead atoms. The fourth-order valence-electron chi connectivity index (χ4n) is 5.12. The lowest BCUT2D eigenvalue weighted by Gasteiger charge is -2.37. The van der Waals surface area contributed by atoms with E-state index in [1.807, 2.05) is 35.0 Å². The molecular formula is C28H30BrClN4O2. The summed E-state index contributed by atoms with van der Waals surface area (Å²) in [5.41, 5.74) is 7.66. The molecule has 6 nitrogen and oxygen atoms in total. The van der Waals surface area contributed by atoms with Crippen molar-refractivity contribution in [3.8, 4) is 17.0 Å². The number of aryl methyl sites for hydroxylation is 1. The maximum absolute atomic E-state index is 6.55. The summed E-state index contributed by atoms with van der Waals surface area (Å²) < 4.78 is 13.6. The van der Waals surface area contributed by atoms with Crippen LogP contribution in [0.5, 0.6) is 5.75 Å². The van der Waals surface area contributed by atoms with Crippen LogP contribution >= 0.6 is 27.5 Å². The number of methoxy groups -OCH3 is 1. The summed E-state index contributed by atoms with van der Waals surface area (Å²) in [5, 5.41) is 5.87. The topological polar surface area (TPSA) is 51.9 Å². The van der Waals surface area contributed by atoms with Gasteiger partial charge in [0.05, 0.1) is 30.5 Å². The molecule has 1 fully saturated rings. The first-order valence-electron chi connectivity index (χ1n) is 12.1. The molecule has 1 aliphatic heterocycles. The zero-order valence-electron chi connectivity index (χ0n) is 20.7. The predicted molar refractivity (Wildman–Crippen MR) is 147 cm³/mol. The van der Waals surface area contributed by atoms with Crippen molar-refractivity contribution < 1.29 is 9.47 Å². The highest BCUT2D eigenvalue weighted by molar-refractivity contribution is 9.08. The van der Waals surface area contributed by atoms with Crippen LogP contribution in [-0.2, 0) is 23.0 Å². The highest BCUT2D eigenvalue weighted by Crippen LogP contribution is 2.33. The Bertz CT molecular complexity index is 1360. The van der Waals surface area contributed by atoms with Gasteiger partial charge in [-0.05, 0) is 66.4 Å². The number of rotatable bonds is 7. The molecule has 2 aromatic carbocycles. The van der Waals surface area contributed by atoms with Crippen molar-refractivity contribution in [2.45, 2.75) is 44.4 Å². The minimum Gasteiger partial charge on any atom is -0.497 e. The van der Waals surface area contributed by atoms with Gasteiger partial charge in [0.1, 0.15) is 12.1 Å². The fraction of sp³-hybridized carbons (Fsp3) is 0.357. The molecule has 3 heterocycles. The van der Waals surface area contributed by atoms with Crippen molar-refractivity contribution in [2.24, 2.45) is 0 Å². The van der Waals surface area contributed by atoms with Crippen LogP contribution in [0.25, 0.3) is 16.8 Å². The van der Waals surface area contributed by atoms with Crippen molar-refractivity contribution in [3.63, 3.8) is 0 Å². The van der Waals surface area contributed by atoms with E-state index in [-0.39, 0.29) is 12.2 Å². The van der Waals surface area contributed by atoms with Gasteiger partial charge in [-0.2, -0.15) is 5.10 Å². The van der Waals surface area contributed by atoms with Gasteiger partial charge < -0.3 is 9.47 Å². The van der Waals surface area contributed by atoms with E-state index in [1.165, 1.54) is 11.1 Å². The fourth-order valence-corrected chi connectivity index (χ4v) is 5.70. The summed E-state index contributed by atoms with van der Waals surface area (Å²) in [5.74, 6) is 0.878. The van der Waals surface area contributed by atoms with Crippen molar-refractivity contribution in [2.75, 3.05) is 20.2 Å². The first-order chi connectivity index (χ1) is 17.4. The molecule has 8 heteroatoms. The third-order valence-electron chi connectivity index (χ3n) is 6.71. The number of alkyl halides is 1. The normalized spacial score (nSPS) is 18.6. The molecule has 1 aliphatic rings. The molecule has 36 heavy (non-hydrogen) atoms. The Morgan fingerprint density at radius 3 is 2.69 bits per heavy atom. The number of aromatic nitrogens is 3. The molecule has 4 aromatic rings. The zero-order valence-corrected chi connectivity index (χ0v) is 23.1. The molecule has 0 saturated carbocycles. The molecule has 0 spiro atoms. The van der Waals surface area contributed by atoms with Gasteiger partial charge in [-0.15, -0.1) is 0 Å². The zero-order chi connectivity index (χ0) is 25.2. The van der Waals surface area contributed by atoms with Gasteiger partial charge in [0.2, 0.25) is 0 Å². The minimum atomic E-state index is 0.0633. The van der Waals surface area contributed by atoms with E-state index in [0.29, 0.717) is 5.02 Å².